The smallest absolute Gasteiger partial charge is 0.0320 e. The molecular weight excluding hydrogens is 220 g/mol. The fraction of sp³-hybridized carbons (Fsp3) is 0.625. The van der Waals surface area contributed by atoms with Crippen LogP contribution in [0.3, 0.4) is 0 Å². The number of rotatable bonds is 2. The molecule has 0 amide bonds. The molecule has 1 aromatic carbocycles. The third kappa shape index (κ3) is 2.39. The molecule has 2 aliphatic rings. The SMILES string of the molecule is CC(c1ccc(N)cc1)N1CC2CCCC(C2)C1. The maximum atomic E-state index is 5.77. The predicted molar refractivity (Wildman–Crippen MR) is 76.3 cm³/mol. The molecule has 2 heteroatoms. The van der Waals surface area contributed by atoms with Crippen molar-refractivity contribution in [3.63, 3.8) is 0 Å². The number of nitrogen functional groups attached to an aromatic ring is 1. The van der Waals surface area contributed by atoms with Crippen LogP contribution in [0.15, 0.2) is 24.3 Å². The van der Waals surface area contributed by atoms with E-state index in [9.17, 15) is 0 Å². The van der Waals surface area contributed by atoms with E-state index in [1.807, 2.05) is 12.1 Å². The lowest BCUT2D eigenvalue weighted by Gasteiger charge is -2.44. The number of fused-ring (bicyclic) bond motifs is 2. The molecule has 0 radical (unpaired) electrons. The van der Waals surface area contributed by atoms with E-state index in [1.165, 1.54) is 44.3 Å². The summed E-state index contributed by atoms with van der Waals surface area (Å²) < 4.78 is 0. The van der Waals surface area contributed by atoms with Crippen molar-refractivity contribution in [1.29, 1.82) is 0 Å². The molecule has 1 aliphatic heterocycles. The lowest BCUT2D eigenvalue weighted by atomic mass is 9.77. The molecule has 2 N–H and O–H groups in total. The van der Waals surface area contributed by atoms with Gasteiger partial charge in [0.1, 0.15) is 0 Å². The molecular formula is C16H24N2. The summed E-state index contributed by atoms with van der Waals surface area (Å²) in [6.45, 7) is 4.93. The van der Waals surface area contributed by atoms with E-state index in [2.05, 4.69) is 24.0 Å². The number of hydrogen-bond donors (Lipinski definition) is 1. The topological polar surface area (TPSA) is 29.3 Å². The molecule has 3 unspecified atom stereocenters. The lowest BCUT2D eigenvalue weighted by Crippen LogP contribution is -2.43. The Kier molecular flexibility index (Phi) is 3.29. The van der Waals surface area contributed by atoms with Crippen LogP contribution >= 0.6 is 0 Å². The van der Waals surface area contributed by atoms with Gasteiger partial charge < -0.3 is 5.73 Å². The first-order valence-electron chi connectivity index (χ1n) is 7.32. The van der Waals surface area contributed by atoms with Crippen molar-refractivity contribution < 1.29 is 0 Å². The van der Waals surface area contributed by atoms with Gasteiger partial charge in [-0.3, -0.25) is 4.90 Å². The molecule has 0 aromatic heterocycles. The van der Waals surface area contributed by atoms with E-state index in [1.54, 1.807) is 0 Å². The lowest BCUT2D eigenvalue weighted by molar-refractivity contribution is 0.0583. The van der Waals surface area contributed by atoms with E-state index in [-0.39, 0.29) is 0 Å². The Morgan fingerprint density at radius 1 is 1.11 bits per heavy atom. The van der Waals surface area contributed by atoms with E-state index in [0.717, 1.165) is 17.5 Å². The van der Waals surface area contributed by atoms with Gasteiger partial charge in [-0.1, -0.05) is 18.6 Å². The van der Waals surface area contributed by atoms with E-state index >= 15 is 0 Å². The minimum atomic E-state index is 0.536. The van der Waals surface area contributed by atoms with Crippen LogP contribution in [0, 0.1) is 11.8 Å². The van der Waals surface area contributed by atoms with Crippen molar-refractivity contribution in [3.8, 4) is 0 Å². The normalized spacial score (nSPS) is 30.1. The Morgan fingerprint density at radius 2 is 1.72 bits per heavy atom. The van der Waals surface area contributed by atoms with Crippen molar-refractivity contribution in [2.75, 3.05) is 18.8 Å². The van der Waals surface area contributed by atoms with E-state index in [4.69, 9.17) is 5.73 Å². The number of benzene rings is 1. The predicted octanol–water partition coefficient (Wildman–Crippen LogP) is 3.45. The van der Waals surface area contributed by atoms with Gasteiger partial charge in [0, 0.05) is 24.8 Å². The fourth-order valence-electron chi connectivity index (χ4n) is 3.77. The van der Waals surface area contributed by atoms with Crippen molar-refractivity contribution in [3.05, 3.63) is 29.8 Å². The Hall–Kier alpha value is -1.02. The highest BCUT2D eigenvalue weighted by Crippen LogP contribution is 2.37. The zero-order valence-corrected chi connectivity index (χ0v) is 11.3. The Morgan fingerprint density at radius 3 is 2.33 bits per heavy atom. The van der Waals surface area contributed by atoms with E-state index < -0.39 is 0 Å². The molecule has 2 nitrogen and oxygen atoms in total. The molecule has 3 rings (SSSR count). The third-order valence-corrected chi connectivity index (χ3v) is 4.84. The van der Waals surface area contributed by atoms with Crippen molar-refractivity contribution in [1.82, 2.24) is 4.90 Å². The molecule has 1 heterocycles. The molecule has 18 heavy (non-hydrogen) atoms. The summed E-state index contributed by atoms with van der Waals surface area (Å²) in [7, 11) is 0. The van der Waals surface area contributed by atoms with Gasteiger partial charge in [-0.2, -0.15) is 0 Å². The highest BCUT2D eigenvalue weighted by molar-refractivity contribution is 5.40. The Labute approximate surface area is 110 Å². The second kappa shape index (κ2) is 4.93. The number of nitrogens with two attached hydrogens (primary N) is 1. The van der Waals surface area contributed by atoms with E-state index in [0.29, 0.717) is 6.04 Å². The second-order valence-electron chi connectivity index (χ2n) is 6.20. The van der Waals surface area contributed by atoms with Crippen molar-refractivity contribution >= 4 is 5.69 Å². The Balaban J connectivity index is 1.72. The summed E-state index contributed by atoms with van der Waals surface area (Å²) in [5.74, 6) is 1.91. The largest absolute Gasteiger partial charge is 0.399 e. The first-order valence-corrected chi connectivity index (χ1v) is 7.32. The summed E-state index contributed by atoms with van der Waals surface area (Å²) in [5.41, 5.74) is 8.04. The zero-order chi connectivity index (χ0) is 12.5. The molecule has 3 atom stereocenters. The van der Waals surface area contributed by atoms with Gasteiger partial charge in [0.05, 0.1) is 0 Å². The molecule has 1 aromatic rings. The molecule has 2 bridgehead atoms. The fourth-order valence-corrected chi connectivity index (χ4v) is 3.77. The van der Waals surface area contributed by atoms with Crippen LogP contribution in [0.1, 0.15) is 44.2 Å². The van der Waals surface area contributed by atoms with Gasteiger partial charge in [0.2, 0.25) is 0 Å². The standard InChI is InChI=1S/C16H24N2/c1-12(15-5-7-16(17)8-6-15)18-10-13-3-2-4-14(9-13)11-18/h5-8,12-14H,2-4,9-11,17H2,1H3. The molecule has 0 spiro atoms. The van der Waals surface area contributed by atoms with Gasteiger partial charge in [-0.05, 0) is 55.7 Å². The molecule has 1 saturated carbocycles. The maximum Gasteiger partial charge on any atom is 0.0320 e. The summed E-state index contributed by atoms with van der Waals surface area (Å²) in [6.07, 6.45) is 5.83. The summed E-state index contributed by atoms with van der Waals surface area (Å²) in [5, 5.41) is 0. The first kappa shape index (κ1) is 12.0. The van der Waals surface area contributed by atoms with Gasteiger partial charge in [-0.15, -0.1) is 0 Å². The van der Waals surface area contributed by atoms with Gasteiger partial charge in [0.25, 0.3) is 0 Å². The van der Waals surface area contributed by atoms with Crippen LogP contribution in [-0.4, -0.2) is 18.0 Å². The summed E-state index contributed by atoms with van der Waals surface area (Å²) in [6, 6.07) is 8.95. The summed E-state index contributed by atoms with van der Waals surface area (Å²) in [4.78, 5) is 2.68. The zero-order valence-electron chi connectivity index (χ0n) is 11.3. The number of likely N-dealkylation sites (tertiary alicyclic amines) is 1. The number of nitrogens with zero attached hydrogens (tertiary/aromatic N) is 1. The number of piperidine rings is 1. The van der Waals surface area contributed by atoms with Crippen molar-refractivity contribution in [2.24, 2.45) is 11.8 Å². The quantitative estimate of drug-likeness (QED) is 0.807. The minimum absolute atomic E-state index is 0.536. The second-order valence-corrected chi connectivity index (χ2v) is 6.20. The van der Waals surface area contributed by atoms with Crippen molar-refractivity contribution in [2.45, 2.75) is 38.6 Å². The monoisotopic (exact) mass is 244 g/mol. The molecule has 1 saturated heterocycles. The molecule has 2 fully saturated rings. The van der Waals surface area contributed by atoms with Crippen LogP contribution in [0.5, 0.6) is 0 Å². The van der Waals surface area contributed by atoms with Crippen LogP contribution in [0.4, 0.5) is 5.69 Å². The third-order valence-electron chi connectivity index (χ3n) is 4.84. The van der Waals surface area contributed by atoms with Crippen LogP contribution in [0.25, 0.3) is 0 Å². The number of anilines is 1. The average molecular weight is 244 g/mol. The highest BCUT2D eigenvalue weighted by atomic mass is 15.2. The number of hydrogen-bond acceptors (Lipinski definition) is 2. The molecule has 98 valence electrons. The first-order chi connectivity index (χ1) is 8.72. The maximum absolute atomic E-state index is 5.77. The molecule has 1 aliphatic carbocycles. The van der Waals surface area contributed by atoms with Crippen LogP contribution < -0.4 is 5.73 Å². The van der Waals surface area contributed by atoms with Gasteiger partial charge >= 0.3 is 0 Å². The average Bonchev–Trinajstić information content (AvgIpc) is 2.38. The Bertz CT molecular complexity index is 386. The summed E-state index contributed by atoms with van der Waals surface area (Å²) >= 11 is 0. The van der Waals surface area contributed by atoms with Gasteiger partial charge in [-0.25, -0.2) is 0 Å². The van der Waals surface area contributed by atoms with Gasteiger partial charge in [0.15, 0.2) is 0 Å². The van der Waals surface area contributed by atoms with Crippen LogP contribution in [0.2, 0.25) is 0 Å². The van der Waals surface area contributed by atoms with Crippen LogP contribution in [-0.2, 0) is 0 Å². The highest BCUT2D eigenvalue weighted by Gasteiger charge is 2.32. The minimum Gasteiger partial charge on any atom is -0.399 e.